The molecule has 0 bridgehead atoms. The quantitative estimate of drug-likeness (QED) is 0.384. The van der Waals surface area contributed by atoms with Crippen molar-refractivity contribution in [3.8, 4) is 5.82 Å². The van der Waals surface area contributed by atoms with E-state index in [1.165, 1.54) is 0 Å². The molecule has 25 heavy (non-hydrogen) atoms. The summed E-state index contributed by atoms with van der Waals surface area (Å²) in [5, 5.41) is 10.8. The Morgan fingerprint density at radius 2 is 2.16 bits per heavy atom. The summed E-state index contributed by atoms with van der Waals surface area (Å²) in [7, 11) is 1.77. The second kappa shape index (κ2) is 8.62. The van der Waals surface area contributed by atoms with Gasteiger partial charge in [0, 0.05) is 57.7 Å². The summed E-state index contributed by atoms with van der Waals surface area (Å²) in [6, 6.07) is 5.94. The number of hydrogen-bond acceptors (Lipinski definition) is 4. The zero-order chi connectivity index (χ0) is 17.3. The Morgan fingerprint density at radius 1 is 1.20 bits per heavy atom. The Hall–Kier alpha value is -3.16. The van der Waals surface area contributed by atoms with Gasteiger partial charge in [0.1, 0.15) is 12.1 Å². The molecule has 0 aliphatic heterocycles. The molecule has 2 N–H and O–H groups in total. The van der Waals surface area contributed by atoms with Crippen LogP contribution in [0.3, 0.4) is 0 Å². The van der Waals surface area contributed by atoms with Crippen molar-refractivity contribution in [1.82, 2.24) is 34.9 Å². The maximum atomic E-state index is 4.44. The highest BCUT2D eigenvalue weighted by atomic mass is 15.3. The number of aromatic nitrogens is 5. The molecule has 8 heteroatoms. The minimum atomic E-state index is 0.663. The number of imidazole rings is 1. The fraction of sp³-hybridized carbons (Fsp3) is 0.294. The lowest BCUT2D eigenvalue weighted by Gasteiger charge is -2.12. The second-order valence-corrected chi connectivity index (χ2v) is 5.47. The molecule has 0 amide bonds. The van der Waals surface area contributed by atoms with Gasteiger partial charge in [-0.1, -0.05) is 6.07 Å². The summed E-state index contributed by atoms with van der Waals surface area (Å²) in [5.41, 5.74) is 1.09. The van der Waals surface area contributed by atoms with Gasteiger partial charge in [0.25, 0.3) is 0 Å². The summed E-state index contributed by atoms with van der Waals surface area (Å²) in [5.74, 6) is 1.63. The number of pyridine rings is 1. The third-order valence-electron chi connectivity index (χ3n) is 3.68. The van der Waals surface area contributed by atoms with Crippen molar-refractivity contribution in [2.45, 2.75) is 19.5 Å². The van der Waals surface area contributed by atoms with Crippen molar-refractivity contribution in [2.24, 2.45) is 4.99 Å². The molecule has 0 saturated heterocycles. The molecular weight excluding hydrogens is 316 g/mol. The first-order chi connectivity index (χ1) is 12.3. The number of hydrogen-bond donors (Lipinski definition) is 2. The molecule has 8 nitrogen and oxygen atoms in total. The van der Waals surface area contributed by atoms with Crippen molar-refractivity contribution in [1.29, 1.82) is 0 Å². The Kier molecular flexibility index (Phi) is 5.76. The third kappa shape index (κ3) is 4.90. The molecule has 3 aromatic heterocycles. The normalized spacial score (nSPS) is 11.5. The Morgan fingerprint density at radius 3 is 2.84 bits per heavy atom. The second-order valence-electron chi connectivity index (χ2n) is 5.47. The highest BCUT2D eigenvalue weighted by Crippen LogP contribution is 2.05. The predicted molar refractivity (Wildman–Crippen MR) is 96.4 cm³/mol. The molecule has 3 aromatic rings. The fourth-order valence-corrected chi connectivity index (χ4v) is 2.36. The van der Waals surface area contributed by atoms with Gasteiger partial charge in [0.2, 0.25) is 0 Å². The van der Waals surface area contributed by atoms with Crippen molar-refractivity contribution in [3.63, 3.8) is 0 Å². The van der Waals surface area contributed by atoms with Gasteiger partial charge >= 0.3 is 0 Å². The van der Waals surface area contributed by atoms with E-state index in [2.05, 4.69) is 30.7 Å². The van der Waals surface area contributed by atoms with Crippen LogP contribution in [0.2, 0.25) is 0 Å². The van der Waals surface area contributed by atoms with Crippen LogP contribution in [0, 0.1) is 0 Å². The number of nitrogens with one attached hydrogen (secondary N) is 2. The molecule has 0 saturated carbocycles. The molecule has 130 valence electrons. The van der Waals surface area contributed by atoms with Crippen molar-refractivity contribution in [2.75, 3.05) is 13.6 Å². The predicted octanol–water partition coefficient (Wildman–Crippen LogP) is 1.22. The number of rotatable bonds is 7. The standard InChI is InChI=1S/C17H22N8/c1-18-17(20-6-2-9-25-10-3-7-23-25)22-13-15-4-5-16(21-12-15)24-11-8-19-14-24/h3-5,7-8,10-12,14H,2,6,9,13H2,1H3,(H2,18,20,22). The first-order valence-electron chi connectivity index (χ1n) is 8.20. The SMILES string of the molecule is CN=C(NCCCn1cccn1)NCc1ccc(-n2ccnc2)nc1. The van der Waals surface area contributed by atoms with Gasteiger partial charge in [-0.2, -0.15) is 5.10 Å². The van der Waals surface area contributed by atoms with Gasteiger partial charge in [-0.25, -0.2) is 9.97 Å². The zero-order valence-electron chi connectivity index (χ0n) is 14.2. The topological polar surface area (TPSA) is 85.0 Å². The van der Waals surface area contributed by atoms with E-state index in [4.69, 9.17) is 0 Å². The lowest BCUT2D eigenvalue weighted by molar-refractivity contribution is 0.570. The van der Waals surface area contributed by atoms with E-state index in [0.717, 1.165) is 36.9 Å². The average molecular weight is 338 g/mol. The van der Waals surface area contributed by atoms with E-state index in [1.807, 2.05) is 46.0 Å². The van der Waals surface area contributed by atoms with Gasteiger partial charge in [-0.15, -0.1) is 0 Å². The zero-order valence-corrected chi connectivity index (χ0v) is 14.2. The van der Waals surface area contributed by atoms with E-state index < -0.39 is 0 Å². The van der Waals surface area contributed by atoms with Crippen LogP contribution in [0.1, 0.15) is 12.0 Å². The van der Waals surface area contributed by atoms with Gasteiger partial charge in [-0.3, -0.25) is 14.2 Å². The molecule has 0 spiro atoms. The van der Waals surface area contributed by atoms with Gasteiger partial charge in [0.15, 0.2) is 5.96 Å². The smallest absolute Gasteiger partial charge is 0.191 e. The number of aliphatic imine (C=N–C) groups is 1. The third-order valence-corrected chi connectivity index (χ3v) is 3.68. The van der Waals surface area contributed by atoms with E-state index in [9.17, 15) is 0 Å². The van der Waals surface area contributed by atoms with Crippen LogP contribution in [-0.2, 0) is 13.1 Å². The number of guanidine groups is 1. The largest absolute Gasteiger partial charge is 0.356 e. The van der Waals surface area contributed by atoms with Crippen LogP contribution in [0.25, 0.3) is 5.82 Å². The molecule has 0 atom stereocenters. The molecule has 0 unspecified atom stereocenters. The highest BCUT2D eigenvalue weighted by molar-refractivity contribution is 5.79. The van der Waals surface area contributed by atoms with Gasteiger partial charge in [0.05, 0.1) is 0 Å². The highest BCUT2D eigenvalue weighted by Gasteiger charge is 2.01. The monoisotopic (exact) mass is 338 g/mol. The van der Waals surface area contributed by atoms with Crippen LogP contribution in [0.4, 0.5) is 0 Å². The van der Waals surface area contributed by atoms with E-state index in [1.54, 1.807) is 25.8 Å². The minimum Gasteiger partial charge on any atom is -0.356 e. The van der Waals surface area contributed by atoms with Gasteiger partial charge < -0.3 is 10.6 Å². The fourth-order valence-electron chi connectivity index (χ4n) is 2.36. The van der Waals surface area contributed by atoms with E-state index in [0.29, 0.717) is 6.54 Å². The molecule has 0 radical (unpaired) electrons. The summed E-state index contributed by atoms with van der Waals surface area (Å²) in [4.78, 5) is 12.7. The lowest BCUT2D eigenvalue weighted by Crippen LogP contribution is -2.37. The minimum absolute atomic E-state index is 0.663. The first-order valence-corrected chi connectivity index (χ1v) is 8.20. The molecule has 3 rings (SSSR count). The van der Waals surface area contributed by atoms with Gasteiger partial charge in [-0.05, 0) is 24.1 Å². The van der Waals surface area contributed by atoms with Crippen molar-refractivity contribution in [3.05, 3.63) is 61.1 Å². The number of aryl methyl sites for hydroxylation is 1. The van der Waals surface area contributed by atoms with Crippen LogP contribution in [0.15, 0.2) is 60.5 Å². The van der Waals surface area contributed by atoms with Crippen molar-refractivity contribution >= 4 is 5.96 Å². The van der Waals surface area contributed by atoms with E-state index >= 15 is 0 Å². The lowest BCUT2D eigenvalue weighted by atomic mass is 10.3. The average Bonchev–Trinajstić information content (AvgIpc) is 3.35. The van der Waals surface area contributed by atoms with E-state index in [-0.39, 0.29) is 0 Å². The van der Waals surface area contributed by atoms with Crippen LogP contribution in [0.5, 0.6) is 0 Å². The molecule has 0 aliphatic carbocycles. The maximum absolute atomic E-state index is 4.44. The maximum Gasteiger partial charge on any atom is 0.191 e. The van der Waals surface area contributed by atoms with Crippen molar-refractivity contribution < 1.29 is 0 Å². The summed E-state index contributed by atoms with van der Waals surface area (Å²) < 4.78 is 3.79. The molecule has 3 heterocycles. The summed E-state index contributed by atoms with van der Waals surface area (Å²) in [6.45, 7) is 2.38. The molecular formula is C17H22N8. The summed E-state index contributed by atoms with van der Waals surface area (Å²) in [6.07, 6.45) is 11.9. The molecule has 0 fully saturated rings. The van der Waals surface area contributed by atoms with Crippen LogP contribution < -0.4 is 10.6 Å². The molecule has 0 aliphatic rings. The first kappa shape index (κ1) is 16.7. The Balaban J connectivity index is 1.41. The Labute approximate surface area is 146 Å². The summed E-state index contributed by atoms with van der Waals surface area (Å²) >= 11 is 0. The molecule has 0 aromatic carbocycles. The van der Waals surface area contributed by atoms with Crippen LogP contribution >= 0.6 is 0 Å². The Bertz CT molecular complexity index is 760. The number of nitrogens with zero attached hydrogens (tertiary/aromatic N) is 6. The van der Waals surface area contributed by atoms with Crippen LogP contribution in [-0.4, -0.2) is 43.9 Å².